The van der Waals surface area contributed by atoms with Crippen LogP contribution in [0.4, 0.5) is 0 Å². The first-order chi connectivity index (χ1) is 11.8. The molecule has 3 heterocycles. The molecule has 0 radical (unpaired) electrons. The molecule has 1 aliphatic rings. The van der Waals surface area contributed by atoms with Gasteiger partial charge in [0.15, 0.2) is 5.76 Å². The lowest BCUT2D eigenvalue weighted by Crippen LogP contribution is -2.45. The minimum Gasteiger partial charge on any atom is -0.461 e. The number of aliphatic hydroxyl groups is 1. The minimum absolute atomic E-state index is 0.0571. The van der Waals surface area contributed by atoms with Crippen molar-refractivity contribution in [2.75, 3.05) is 6.61 Å². The Hall–Kier alpha value is -1.89. The van der Waals surface area contributed by atoms with Gasteiger partial charge in [-0.2, -0.15) is 0 Å². The van der Waals surface area contributed by atoms with Gasteiger partial charge in [-0.05, 0) is 36.4 Å². The van der Waals surface area contributed by atoms with Gasteiger partial charge in [-0.25, -0.2) is 0 Å². The summed E-state index contributed by atoms with van der Waals surface area (Å²) in [5.41, 5.74) is 0.772. The minimum atomic E-state index is -0.0571. The zero-order valence-electron chi connectivity index (χ0n) is 13.3. The fourth-order valence-corrected chi connectivity index (χ4v) is 4.32. The second-order valence-corrected chi connectivity index (χ2v) is 7.34. The van der Waals surface area contributed by atoms with Crippen molar-refractivity contribution in [3.8, 4) is 11.5 Å². The molecular weight excluding hydrogens is 324 g/mol. The van der Waals surface area contributed by atoms with Crippen LogP contribution >= 0.6 is 11.3 Å². The molecule has 3 aromatic heterocycles. The maximum Gasteiger partial charge on any atom is 0.202 e. The summed E-state index contributed by atoms with van der Waals surface area (Å²) in [6, 6.07) is 9.90. The highest BCUT2D eigenvalue weighted by Gasteiger charge is 2.44. The van der Waals surface area contributed by atoms with Crippen LogP contribution < -0.4 is 5.32 Å². The third-order valence-electron chi connectivity index (χ3n) is 4.91. The molecule has 0 amide bonds. The van der Waals surface area contributed by atoms with Gasteiger partial charge < -0.3 is 19.4 Å². The smallest absolute Gasteiger partial charge is 0.202 e. The fraction of sp³-hybridized carbons (Fsp3) is 0.389. The molecule has 1 saturated carbocycles. The summed E-state index contributed by atoms with van der Waals surface area (Å²) in [7, 11) is 0. The average Bonchev–Trinajstić information content (AvgIpc) is 3.32. The van der Waals surface area contributed by atoms with E-state index >= 15 is 0 Å². The summed E-state index contributed by atoms with van der Waals surface area (Å²) in [5.74, 6) is 1.30. The molecule has 1 aliphatic carbocycles. The molecule has 6 heteroatoms. The second-order valence-electron chi connectivity index (χ2n) is 6.36. The largest absolute Gasteiger partial charge is 0.461 e. The first kappa shape index (κ1) is 15.6. The van der Waals surface area contributed by atoms with E-state index in [4.69, 9.17) is 8.94 Å². The van der Waals surface area contributed by atoms with Crippen LogP contribution in [0.25, 0.3) is 11.5 Å². The van der Waals surface area contributed by atoms with Gasteiger partial charge in [-0.15, -0.1) is 11.3 Å². The molecule has 0 bridgehead atoms. The number of furan rings is 1. The van der Waals surface area contributed by atoms with Crippen LogP contribution in [0.1, 0.15) is 35.9 Å². The van der Waals surface area contributed by atoms with Gasteiger partial charge in [0.2, 0.25) is 5.76 Å². The van der Waals surface area contributed by atoms with Gasteiger partial charge in [-0.1, -0.05) is 17.6 Å². The van der Waals surface area contributed by atoms with Crippen LogP contribution in [-0.2, 0) is 6.54 Å². The first-order valence-corrected chi connectivity index (χ1v) is 9.06. The van der Waals surface area contributed by atoms with E-state index in [0.29, 0.717) is 18.1 Å². The van der Waals surface area contributed by atoms with E-state index in [0.717, 1.165) is 18.5 Å². The van der Waals surface area contributed by atoms with E-state index in [1.54, 1.807) is 17.6 Å². The van der Waals surface area contributed by atoms with Crippen molar-refractivity contribution in [1.29, 1.82) is 0 Å². The highest BCUT2D eigenvalue weighted by Crippen LogP contribution is 2.50. The molecule has 3 aromatic rings. The van der Waals surface area contributed by atoms with Crippen LogP contribution in [0.3, 0.4) is 0 Å². The van der Waals surface area contributed by atoms with Crippen molar-refractivity contribution >= 4 is 11.3 Å². The maximum absolute atomic E-state index is 9.95. The van der Waals surface area contributed by atoms with Crippen LogP contribution in [-0.4, -0.2) is 16.9 Å². The number of nitrogens with one attached hydrogen (secondary N) is 1. The maximum atomic E-state index is 9.95. The molecule has 1 fully saturated rings. The van der Waals surface area contributed by atoms with Gasteiger partial charge in [0, 0.05) is 28.9 Å². The van der Waals surface area contributed by atoms with Crippen LogP contribution in [0.15, 0.2) is 50.9 Å². The molecule has 4 rings (SSSR count). The van der Waals surface area contributed by atoms with Gasteiger partial charge in [0.05, 0.1) is 18.6 Å². The third-order valence-corrected chi connectivity index (χ3v) is 5.85. The predicted molar refractivity (Wildman–Crippen MR) is 91.5 cm³/mol. The molecule has 1 unspecified atom stereocenters. The average molecular weight is 344 g/mol. The zero-order valence-corrected chi connectivity index (χ0v) is 14.1. The lowest BCUT2D eigenvalue weighted by Gasteiger charge is -2.46. The van der Waals surface area contributed by atoms with Crippen molar-refractivity contribution in [3.63, 3.8) is 0 Å². The molecule has 0 aromatic carbocycles. The number of rotatable bonds is 7. The van der Waals surface area contributed by atoms with E-state index in [9.17, 15) is 5.11 Å². The quantitative estimate of drug-likeness (QED) is 0.678. The lowest BCUT2D eigenvalue weighted by atomic mass is 9.64. The topological polar surface area (TPSA) is 71.4 Å². The Balaban J connectivity index is 1.50. The lowest BCUT2D eigenvalue weighted by molar-refractivity contribution is 0.00560. The van der Waals surface area contributed by atoms with Gasteiger partial charge in [0.1, 0.15) is 0 Å². The Labute approximate surface area is 144 Å². The van der Waals surface area contributed by atoms with Crippen molar-refractivity contribution in [2.45, 2.75) is 31.8 Å². The molecule has 24 heavy (non-hydrogen) atoms. The third kappa shape index (κ3) is 2.81. The monoisotopic (exact) mass is 344 g/mol. The zero-order chi connectivity index (χ0) is 16.4. The van der Waals surface area contributed by atoms with Crippen LogP contribution in [0.5, 0.6) is 0 Å². The second kappa shape index (κ2) is 6.55. The Kier molecular flexibility index (Phi) is 4.26. The van der Waals surface area contributed by atoms with E-state index in [1.807, 2.05) is 18.2 Å². The van der Waals surface area contributed by atoms with Crippen molar-refractivity contribution in [1.82, 2.24) is 10.5 Å². The van der Waals surface area contributed by atoms with Gasteiger partial charge in [-0.3, -0.25) is 0 Å². The standard InChI is InChI=1S/C18H20N2O3S/c21-12-18(6-3-7-18)17(16-5-2-9-24-16)19-11-13-10-15(23-20-13)14-4-1-8-22-14/h1-2,4-5,8-10,17,19,21H,3,6-7,11-12H2. The molecule has 5 nitrogen and oxygen atoms in total. The number of nitrogens with zero attached hydrogens (tertiary/aromatic N) is 1. The highest BCUT2D eigenvalue weighted by atomic mass is 32.1. The van der Waals surface area contributed by atoms with Crippen molar-refractivity contribution < 1.29 is 14.0 Å². The van der Waals surface area contributed by atoms with E-state index < -0.39 is 0 Å². The normalized spacial score (nSPS) is 17.5. The highest BCUT2D eigenvalue weighted by molar-refractivity contribution is 7.10. The van der Waals surface area contributed by atoms with Crippen molar-refractivity contribution in [2.24, 2.45) is 5.41 Å². The number of aromatic nitrogens is 1. The first-order valence-electron chi connectivity index (χ1n) is 8.18. The summed E-state index contributed by atoms with van der Waals surface area (Å²) in [6.07, 6.45) is 4.89. The molecule has 0 spiro atoms. The van der Waals surface area contributed by atoms with Crippen LogP contribution in [0, 0.1) is 5.41 Å². The Morgan fingerprint density at radius 3 is 2.83 bits per heavy atom. The SMILES string of the molecule is OCC1(C(NCc2cc(-c3ccco3)on2)c2cccs2)CCC1. The van der Waals surface area contributed by atoms with E-state index in [1.165, 1.54) is 11.3 Å². The number of aliphatic hydroxyl groups excluding tert-OH is 1. The summed E-state index contributed by atoms with van der Waals surface area (Å²) in [4.78, 5) is 1.26. The van der Waals surface area contributed by atoms with E-state index in [-0.39, 0.29) is 18.1 Å². The van der Waals surface area contributed by atoms with Gasteiger partial charge >= 0.3 is 0 Å². The van der Waals surface area contributed by atoms with Gasteiger partial charge in [0.25, 0.3) is 0 Å². The molecule has 0 saturated heterocycles. The van der Waals surface area contributed by atoms with Crippen molar-refractivity contribution in [3.05, 3.63) is 52.5 Å². The molecular formula is C18H20N2O3S. The fourth-order valence-electron chi connectivity index (χ4n) is 3.38. The molecule has 2 N–H and O–H groups in total. The Morgan fingerprint density at radius 1 is 1.29 bits per heavy atom. The Morgan fingerprint density at radius 2 is 2.21 bits per heavy atom. The number of hydrogen-bond acceptors (Lipinski definition) is 6. The summed E-state index contributed by atoms with van der Waals surface area (Å²) in [5, 5.41) is 19.7. The summed E-state index contributed by atoms with van der Waals surface area (Å²) < 4.78 is 10.7. The Bertz CT molecular complexity index is 755. The summed E-state index contributed by atoms with van der Waals surface area (Å²) in [6.45, 7) is 0.799. The van der Waals surface area contributed by atoms with E-state index in [2.05, 4.69) is 28.0 Å². The number of hydrogen-bond donors (Lipinski definition) is 2. The molecule has 1 atom stereocenters. The predicted octanol–water partition coefficient (Wildman–Crippen LogP) is 3.99. The van der Waals surface area contributed by atoms with Crippen LogP contribution in [0.2, 0.25) is 0 Å². The summed E-state index contributed by atoms with van der Waals surface area (Å²) >= 11 is 1.73. The molecule has 126 valence electrons. The number of thiophene rings is 1. The molecule has 0 aliphatic heterocycles.